The van der Waals surface area contributed by atoms with Gasteiger partial charge in [0.1, 0.15) is 11.2 Å². The first-order valence-electron chi connectivity index (χ1n) is 20.6. The van der Waals surface area contributed by atoms with Gasteiger partial charge in [0, 0.05) is 42.1 Å². The van der Waals surface area contributed by atoms with Gasteiger partial charge in [0.05, 0.1) is 0 Å². The lowest BCUT2D eigenvalue weighted by atomic mass is 9.84. The summed E-state index contributed by atoms with van der Waals surface area (Å²) in [6.07, 6.45) is 0. The number of rotatable bonds is 4. The largest absolute Gasteiger partial charge is 0.455 e. The van der Waals surface area contributed by atoms with Crippen LogP contribution in [-0.4, -0.2) is 0 Å². The zero-order valence-corrected chi connectivity index (χ0v) is 33.3. The van der Waals surface area contributed by atoms with E-state index >= 15 is 0 Å². The predicted molar refractivity (Wildman–Crippen MR) is 258 cm³/mol. The number of para-hydroxylation sites is 2. The monoisotopic (exact) mass is 778 g/mol. The number of hydrogen-bond acceptors (Lipinski definition) is 2. The van der Waals surface area contributed by atoms with Gasteiger partial charge in [-0.15, -0.1) is 11.3 Å². The van der Waals surface area contributed by atoms with Gasteiger partial charge in [-0.2, -0.15) is 0 Å². The van der Waals surface area contributed by atoms with Crippen LogP contribution in [0.3, 0.4) is 0 Å². The van der Waals surface area contributed by atoms with E-state index < -0.39 is 0 Å². The van der Waals surface area contributed by atoms with E-state index in [0.29, 0.717) is 0 Å². The molecule has 0 amide bonds. The maximum absolute atomic E-state index is 6.66. The van der Waals surface area contributed by atoms with Crippen LogP contribution in [0, 0.1) is 0 Å². The van der Waals surface area contributed by atoms with Crippen LogP contribution in [0.5, 0.6) is 0 Å². The van der Waals surface area contributed by atoms with Crippen molar-refractivity contribution in [2.75, 3.05) is 0 Å². The topological polar surface area (TPSA) is 13.1 Å². The van der Waals surface area contributed by atoms with Crippen LogP contribution >= 0.6 is 11.3 Å². The maximum Gasteiger partial charge on any atom is 0.143 e. The first kappa shape index (κ1) is 33.5. The minimum absolute atomic E-state index is 0.912. The number of benzene rings is 11. The highest BCUT2D eigenvalue weighted by Gasteiger charge is 2.23. The van der Waals surface area contributed by atoms with Crippen molar-refractivity contribution in [3.05, 3.63) is 206 Å². The predicted octanol–water partition coefficient (Wildman–Crippen LogP) is 17.2. The number of furan rings is 1. The fraction of sp³-hybridized carbons (Fsp3) is 0. The second-order valence-corrected chi connectivity index (χ2v) is 16.9. The van der Waals surface area contributed by atoms with Crippen molar-refractivity contribution in [3.63, 3.8) is 0 Å². The van der Waals surface area contributed by atoms with E-state index in [2.05, 4.69) is 200 Å². The Morgan fingerprint density at radius 2 is 0.750 bits per heavy atom. The van der Waals surface area contributed by atoms with Crippen LogP contribution in [0.4, 0.5) is 0 Å². The Labute approximate surface area is 350 Å². The van der Waals surface area contributed by atoms with Crippen molar-refractivity contribution in [2.45, 2.75) is 0 Å². The number of thiophene rings is 1. The Hall–Kier alpha value is -7.52. The molecular weight excluding hydrogens is 745 g/mol. The second kappa shape index (κ2) is 13.0. The van der Waals surface area contributed by atoms with Crippen molar-refractivity contribution in [3.8, 4) is 44.5 Å². The van der Waals surface area contributed by atoms with E-state index in [-0.39, 0.29) is 0 Å². The molecule has 0 aliphatic rings. The Bertz CT molecular complexity index is 3770. The zero-order valence-electron chi connectivity index (χ0n) is 32.4. The number of hydrogen-bond donors (Lipinski definition) is 0. The summed E-state index contributed by atoms with van der Waals surface area (Å²) in [5, 5.41) is 14.9. The van der Waals surface area contributed by atoms with E-state index in [9.17, 15) is 0 Å². The summed E-state index contributed by atoms with van der Waals surface area (Å²) in [4.78, 5) is 0. The third-order valence-electron chi connectivity index (χ3n) is 12.7. The fourth-order valence-electron chi connectivity index (χ4n) is 10.2. The molecule has 2 heteroatoms. The molecule has 0 unspecified atom stereocenters. The fourth-order valence-corrected chi connectivity index (χ4v) is 11.4. The summed E-state index contributed by atoms with van der Waals surface area (Å²) in [5.41, 5.74) is 11.7. The van der Waals surface area contributed by atoms with Gasteiger partial charge in [0.25, 0.3) is 0 Å². The Morgan fingerprint density at radius 3 is 1.37 bits per heavy atom. The van der Waals surface area contributed by atoms with Gasteiger partial charge in [-0.05, 0) is 94.7 Å². The lowest BCUT2D eigenvalue weighted by Crippen LogP contribution is -1.91. The molecule has 2 heterocycles. The third-order valence-corrected chi connectivity index (χ3v) is 13.8. The summed E-state index contributed by atoms with van der Waals surface area (Å²) < 4.78 is 9.24. The van der Waals surface area contributed by atoms with Gasteiger partial charge in [0.2, 0.25) is 0 Å². The van der Waals surface area contributed by atoms with Gasteiger partial charge < -0.3 is 4.42 Å². The zero-order chi connectivity index (χ0) is 39.3. The van der Waals surface area contributed by atoms with Crippen molar-refractivity contribution in [1.29, 1.82) is 0 Å². The lowest BCUT2D eigenvalue weighted by molar-refractivity contribution is 0.670. The van der Waals surface area contributed by atoms with Crippen LogP contribution in [-0.2, 0) is 0 Å². The lowest BCUT2D eigenvalue weighted by Gasteiger charge is -2.18. The molecule has 13 rings (SSSR count). The van der Waals surface area contributed by atoms with Crippen molar-refractivity contribution >= 4 is 96.5 Å². The van der Waals surface area contributed by atoms with Gasteiger partial charge in [0.15, 0.2) is 0 Å². The third kappa shape index (κ3) is 4.80. The van der Waals surface area contributed by atoms with Crippen molar-refractivity contribution in [1.82, 2.24) is 0 Å². The highest BCUT2D eigenvalue weighted by molar-refractivity contribution is 7.26. The molecule has 0 saturated heterocycles. The van der Waals surface area contributed by atoms with Crippen LogP contribution < -0.4 is 0 Å². The van der Waals surface area contributed by atoms with Gasteiger partial charge in [-0.25, -0.2) is 0 Å². The van der Waals surface area contributed by atoms with Crippen molar-refractivity contribution in [2.24, 2.45) is 0 Å². The van der Waals surface area contributed by atoms with E-state index in [1.807, 2.05) is 17.4 Å². The first-order chi connectivity index (χ1) is 29.8. The molecule has 0 aliphatic heterocycles. The quantitative estimate of drug-likeness (QED) is 0.162. The maximum atomic E-state index is 6.66. The molecule has 1 nitrogen and oxygen atoms in total. The van der Waals surface area contributed by atoms with E-state index in [1.54, 1.807) is 0 Å². The summed E-state index contributed by atoms with van der Waals surface area (Å²) in [5.74, 6) is 0. The smallest absolute Gasteiger partial charge is 0.143 e. The Balaban J connectivity index is 1.06. The molecule has 0 atom stereocenters. The van der Waals surface area contributed by atoms with Gasteiger partial charge >= 0.3 is 0 Å². The van der Waals surface area contributed by atoms with Crippen LogP contribution in [0.1, 0.15) is 0 Å². The van der Waals surface area contributed by atoms with Crippen molar-refractivity contribution < 1.29 is 4.42 Å². The average Bonchev–Trinajstić information content (AvgIpc) is 3.89. The molecule has 13 aromatic rings. The summed E-state index contributed by atoms with van der Waals surface area (Å²) in [7, 11) is 0. The van der Waals surface area contributed by atoms with Crippen LogP contribution in [0.2, 0.25) is 0 Å². The Kier molecular flexibility index (Phi) is 7.24. The molecule has 0 bridgehead atoms. The molecule has 0 fully saturated rings. The highest BCUT2D eigenvalue weighted by atomic mass is 32.1. The molecule has 2 aromatic heterocycles. The molecule has 0 radical (unpaired) electrons. The normalized spacial score (nSPS) is 12.0. The van der Waals surface area contributed by atoms with E-state index in [0.717, 1.165) is 27.5 Å². The van der Waals surface area contributed by atoms with E-state index in [4.69, 9.17) is 4.42 Å². The molecule has 0 N–H and O–H groups in total. The standard InChI is InChI=1S/C58H34OS/c1-2-16-35(17-3-1)53-38-19-4-6-21-40(38)54(41-22-7-5-20-39(41)53)36-32-33-47-52(34-36)60-51-31-15-28-48(57(47)51)55-42-23-8-10-25-44(42)56(45-26-11-9-24-43(45)55)49-29-14-27-46-37-18-12-13-30-50(37)59-58(46)49/h1-34H. The Morgan fingerprint density at radius 1 is 0.283 bits per heavy atom. The minimum atomic E-state index is 0.912. The summed E-state index contributed by atoms with van der Waals surface area (Å²) >= 11 is 1.89. The molecular formula is C58H34OS. The van der Waals surface area contributed by atoms with Gasteiger partial charge in [-0.1, -0.05) is 188 Å². The summed E-state index contributed by atoms with van der Waals surface area (Å²) in [6.45, 7) is 0. The van der Waals surface area contributed by atoms with Crippen LogP contribution in [0.25, 0.3) is 130 Å². The molecule has 0 saturated carbocycles. The van der Waals surface area contributed by atoms with Crippen LogP contribution in [0.15, 0.2) is 211 Å². The minimum Gasteiger partial charge on any atom is -0.455 e. The average molecular weight is 779 g/mol. The molecule has 60 heavy (non-hydrogen) atoms. The summed E-state index contributed by atoms with van der Waals surface area (Å²) in [6, 6.07) is 75.6. The molecule has 0 spiro atoms. The SMILES string of the molecule is c1ccc(-c2c3ccccc3c(-c3ccc4c(c3)sc3cccc(-c5c6ccccc6c(-c6cccc7c6oc6ccccc67)c6ccccc56)c34)c3ccccc23)cc1. The second-order valence-electron chi connectivity index (χ2n) is 15.8. The highest BCUT2D eigenvalue weighted by Crippen LogP contribution is 2.51. The van der Waals surface area contributed by atoms with E-state index in [1.165, 1.54) is 102 Å². The molecule has 11 aromatic carbocycles. The molecule has 278 valence electrons. The van der Waals surface area contributed by atoms with Gasteiger partial charge in [-0.3, -0.25) is 0 Å². The number of fused-ring (bicyclic) bond motifs is 10. The first-order valence-corrected chi connectivity index (χ1v) is 21.4. The molecule has 0 aliphatic carbocycles.